The normalized spacial score (nSPS) is 17.6. The summed E-state index contributed by atoms with van der Waals surface area (Å²) in [5, 5.41) is 21.2. The van der Waals surface area contributed by atoms with Gasteiger partial charge in [0.05, 0.1) is 106 Å². The van der Waals surface area contributed by atoms with Crippen molar-refractivity contribution >= 4 is 144 Å². The number of nitrogens with one attached hydrogen (secondary N) is 5. The van der Waals surface area contributed by atoms with Gasteiger partial charge in [-0.25, -0.2) is 39.5 Å². The van der Waals surface area contributed by atoms with Crippen molar-refractivity contribution in [2.24, 2.45) is 5.92 Å². The molecule has 13 rings (SSSR count). The number of fused-ring (bicyclic) bond motifs is 3. The number of nitrogens with zero attached hydrogens (tertiary/aromatic N) is 10. The molecule has 0 saturated carbocycles. The van der Waals surface area contributed by atoms with Crippen molar-refractivity contribution in [2.45, 2.75) is 143 Å². The van der Waals surface area contributed by atoms with Crippen molar-refractivity contribution in [1.29, 1.82) is 0 Å². The van der Waals surface area contributed by atoms with Crippen LogP contribution < -0.4 is 45.5 Å². The first-order valence-electron chi connectivity index (χ1n) is 40.1. The van der Waals surface area contributed by atoms with Gasteiger partial charge in [0.15, 0.2) is 0 Å². The van der Waals surface area contributed by atoms with Crippen LogP contribution in [-0.4, -0.2) is 208 Å². The summed E-state index contributed by atoms with van der Waals surface area (Å²) >= 11 is 40.1. The van der Waals surface area contributed by atoms with Gasteiger partial charge < -0.3 is 69.7 Å². The van der Waals surface area contributed by atoms with Crippen LogP contribution in [0.5, 0.6) is 23.0 Å². The number of carbonyl (C=O) groups excluding carboxylic acids is 5. The van der Waals surface area contributed by atoms with E-state index in [-0.39, 0.29) is 67.9 Å². The summed E-state index contributed by atoms with van der Waals surface area (Å²) in [5.41, 5.74) is 8.06. The lowest BCUT2D eigenvalue weighted by Gasteiger charge is -2.39. The van der Waals surface area contributed by atoms with Gasteiger partial charge in [-0.15, -0.1) is 0 Å². The summed E-state index contributed by atoms with van der Waals surface area (Å²) in [4.78, 5) is 98.0. The Bertz CT molecular complexity index is 5370. The SMILES string of the molecule is C.C=CC(=C)N[C@H]1CCN(C(=O)OC(C)(C)C)C[C@H]1Cc1ncc2cc(-c3c(Cl)c(OC)cc(OC)c3Cl)ccc2n1.C=CC(=O)NC1CN(C(=O)OC(C)(C)C)CC1Nc1ncc2cc(-c3c(Cl)c(CC)cc(OC)c3Cl)ccc2n1.C=CC(=O)N[C@H]1CN(C(=O)CN2CCCC2)C[C@H]1Nc1ncc2cc(-c3c(Cl)c(CC)cc(OC)c3Cl)ccc2n1. The second-order valence-corrected chi connectivity index (χ2v) is 34.2. The third-order valence-corrected chi connectivity index (χ3v) is 23.6. The Balaban J connectivity index is 0.000000192. The molecular weight excluding hydrogens is 1690 g/mol. The summed E-state index contributed by atoms with van der Waals surface area (Å²) in [6, 6.07) is 21.4. The zero-order valence-corrected chi connectivity index (χ0v) is 75.1. The summed E-state index contributed by atoms with van der Waals surface area (Å²) in [5.74, 6) is 2.97. The monoisotopic (exact) mass is 1800 g/mol. The van der Waals surface area contributed by atoms with Crippen molar-refractivity contribution in [1.82, 2.24) is 65.5 Å². The minimum absolute atomic E-state index is 0. The van der Waals surface area contributed by atoms with Gasteiger partial charge in [-0.3, -0.25) is 19.3 Å². The minimum Gasteiger partial charge on any atom is -0.495 e. The van der Waals surface area contributed by atoms with Gasteiger partial charge in [-0.1, -0.05) is 135 Å². The van der Waals surface area contributed by atoms with Gasteiger partial charge in [0.1, 0.15) is 40.0 Å². The third-order valence-electron chi connectivity index (χ3n) is 21.2. The van der Waals surface area contributed by atoms with Crippen molar-refractivity contribution < 1.29 is 52.4 Å². The molecule has 7 heterocycles. The highest BCUT2D eigenvalue weighted by Gasteiger charge is 2.41. The summed E-state index contributed by atoms with van der Waals surface area (Å²) in [7, 11) is 6.24. The number of likely N-dealkylation sites (tertiary alicyclic amines) is 4. The topological polar surface area (TPSA) is 291 Å². The van der Waals surface area contributed by atoms with Crippen molar-refractivity contribution in [3.05, 3.63) is 189 Å². The quantitative estimate of drug-likeness (QED) is 0.0277. The number of rotatable bonds is 24. The van der Waals surface area contributed by atoms with E-state index < -0.39 is 23.3 Å². The van der Waals surface area contributed by atoms with Gasteiger partial charge in [0, 0.05) is 121 Å². The Kier molecular flexibility index (Phi) is 32.2. The van der Waals surface area contributed by atoms with Crippen LogP contribution in [0.4, 0.5) is 21.5 Å². The van der Waals surface area contributed by atoms with E-state index in [1.165, 1.54) is 12.2 Å². The number of benzene rings is 6. The fourth-order valence-electron chi connectivity index (χ4n) is 15.0. The van der Waals surface area contributed by atoms with E-state index in [0.717, 1.165) is 106 Å². The third kappa shape index (κ3) is 23.3. The predicted octanol–water partition coefficient (Wildman–Crippen LogP) is 18.2. The molecule has 0 radical (unpaired) electrons. The molecule has 3 aromatic heterocycles. The Labute approximate surface area is 748 Å². The van der Waals surface area contributed by atoms with Gasteiger partial charge in [0.2, 0.25) is 29.6 Å². The molecule has 5 N–H and O–H groups in total. The molecule has 9 aromatic rings. The molecule has 0 aliphatic carbocycles. The predicted molar refractivity (Wildman–Crippen MR) is 492 cm³/mol. The summed E-state index contributed by atoms with van der Waals surface area (Å²) in [6.45, 7) is 34.7. The molecule has 32 heteroatoms. The van der Waals surface area contributed by atoms with Gasteiger partial charge in [-0.05, 0) is 181 Å². The fourth-order valence-corrected chi connectivity index (χ4v) is 17.3. The number of allylic oxidation sites excluding steroid dienone is 1. The Morgan fingerprint density at radius 1 is 0.480 bits per heavy atom. The number of hydrogen-bond donors (Lipinski definition) is 5. The second kappa shape index (κ2) is 41.8. The van der Waals surface area contributed by atoms with Crippen LogP contribution >= 0.6 is 69.6 Å². The lowest BCUT2D eigenvalue weighted by atomic mass is 9.88. The number of piperidine rings is 1. The first-order chi connectivity index (χ1) is 58.2. The number of amides is 5. The number of aryl methyl sites for hydroxylation is 2. The number of methoxy groups -OCH3 is 4. The van der Waals surface area contributed by atoms with Gasteiger partial charge >= 0.3 is 12.2 Å². The van der Waals surface area contributed by atoms with E-state index >= 15 is 0 Å². The van der Waals surface area contributed by atoms with E-state index in [9.17, 15) is 24.0 Å². The van der Waals surface area contributed by atoms with E-state index in [0.29, 0.717) is 139 Å². The molecular formula is C91H107Cl6N15O11. The van der Waals surface area contributed by atoms with E-state index in [2.05, 4.69) is 77.7 Å². The average Bonchev–Trinajstić information content (AvgIpc) is 1.73. The number of ether oxygens (including phenoxy) is 6. The maximum absolute atomic E-state index is 13.0. The maximum Gasteiger partial charge on any atom is 0.410 e. The lowest BCUT2D eigenvalue weighted by Crippen LogP contribution is -2.52. The van der Waals surface area contributed by atoms with Crippen LogP contribution in [0, 0.1) is 5.92 Å². The molecule has 123 heavy (non-hydrogen) atoms. The lowest BCUT2D eigenvalue weighted by molar-refractivity contribution is -0.131. The number of anilines is 2. The summed E-state index contributed by atoms with van der Waals surface area (Å²) in [6.07, 6.45) is 13.6. The zero-order valence-electron chi connectivity index (χ0n) is 70.5. The second-order valence-electron chi connectivity index (χ2n) is 31.9. The van der Waals surface area contributed by atoms with Gasteiger partial charge in [0.25, 0.3) is 0 Å². The van der Waals surface area contributed by atoms with Crippen LogP contribution in [0.1, 0.15) is 99.0 Å². The number of carbonyl (C=O) groups is 5. The average molecular weight is 1800 g/mol. The molecule has 5 amide bonds. The van der Waals surface area contributed by atoms with Crippen molar-refractivity contribution in [3.8, 4) is 56.4 Å². The fraction of sp³-hybridized carbons (Fsp3) is 0.396. The molecule has 2 unspecified atom stereocenters. The number of aromatic nitrogens is 6. The van der Waals surface area contributed by atoms with Crippen molar-refractivity contribution in [3.63, 3.8) is 0 Å². The highest BCUT2D eigenvalue weighted by Crippen LogP contribution is 2.48. The Morgan fingerprint density at radius 2 is 0.878 bits per heavy atom. The Morgan fingerprint density at radius 3 is 1.30 bits per heavy atom. The standard InChI is InChI=1S/C31H36Cl2N4O4.C30H34Cl2N6O3.C29H33Cl2N5O4.CH4/c1-8-18(2)35-23-11-12-37(30(38)41-31(3,4)5)17-21(23)14-26-34-16-20-13-19(9-10-22(20)36-26)27-28(32)24(39-6)15-25(40-7)29(27)33;1-4-18-13-24(41-3)29(32)27(28(18)31)19-8-9-21-20(12-19)14-33-30(35-21)36-23-16-38(15-22(23)34-25(39)5-2)26(40)17-37-10-6-7-11-37;1-7-16-12-22(39-6)26(31)24(25(16)30)17-9-10-19-18(11-17)13-32-27(34-19)35-21-15-36(28(38)40-29(3,4)5)14-20(21)33-23(37)8-2;/h8-10,13,15-16,21,23,35H,1-2,11-12,14,17H2,3-7H3;5,8-9,12-14,22-23H,2,4,6-7,10-11,15-17H2,1,3H3,(H,34,39)(H,33,35,36);8-13,20-21H,2,7,14-15H2,1,3-6H3,(H,33,37)(H,32,34,35);1H4/t21-,23+;22-,23+;;/m10../s1. The summed E-state index contributed by atoms with van der Waals surface area (Å²) < 4.78 is 32.9. The highest BCUT2D eigenvalue weighted by molar-refractivity contribution is 6.42. The molecule has 6 atom stereocenters. The first-order valence-corrected chi connectivity index (χ1v) is 42.4. The molecule has 0 bridgehead atoms. The van der Waals surface area contributed by atoms with E-state index in [1.807, 2.05) is 101 Å². The van der Waals surface area contributed by atoms with Crippen LogP contribution in [0.25, 0.3) is 66.1 Å². The maximum atomic E-state index is 13.0. The van der Waals surface area contributed by atoms with Crippen LogP contribution in [0.15, 0.2) is 142 Å². The van der Waals surface area contributed by atoms with Crippen molar-refractivity contribution in [2.75, 3.05) is 98.0 Å². The van der Waals surface area contributed by atoms with E-state index in [1.54, 1.807) is 94.6 Å². The van der Waals surface area contributed by atoms with E-state index in [4.69, 9.17) is 108 Å². The van der Waals surface area contributed by atoms with Crippen LogP contribution in [0.2, 0.25) is 30.1 Å². The van der Waals surface area contributed by atoms with Gasteiger partial charge in [-0.2, -0.15) is 0 Å². The molecule has 6 aromatic carbocycles. The largest absolute Gasteiger partial charge is 0.495 e. The molecule has 4 aliphatic heterocycles. The molecule has 4 fully saturated rings. The van der Waals surface area contributed by atoms with Crippen LogP contribution in [-0.2, 0) is 43.1 Å². The molecule has 4 aliphatic rings. The molecule has 4 saturated heterocycles. The number of halogens is 6. The molecule has 26 nitrogen and oxygen atoms in total. The zero-order chi connectivity index (χ0) is 88.2. The molecule has 654 valence electrons. The highest BCUT2D eigenvalue weighted by atomic mass is 35.5. The molecule has 0 spiro atoms. The van der Waals surface area contributed by atoms with Crippen LogP contribution in [0.3, 0.4) is 0 Å². The first kappa shape index (κ1) is 94.8. The smallest absolute Gasteiger partial charge is 0.410 e. The minimum atomic E-state index is -0.639. The number of hydrogen-bond acceptors (Lipinski definition) is 21. The Hall–Kier alpha value is -10.5.